The lowest BCUT2D eigenvalue weighted by molar-refractivity contribution is 0.104. The molecule has 0 aliphatic carbocycles. The minimum Gasteiger partial charge on any atom is -0.497 e. The average molecular weight is 418 g/mol. The first kappa shape index (κ1) is 20.1. The summed E-state index contributed by atoms with van der Waals surface area (Å²) in [6, 6.07) is 16.9. The van der Waals surface area contributed by atoms with Crippen LogP contribution in [0.4, 0.5) is 0 Å². The molecule has 1 aromatic heterocycles. The van der Waals surface area contributed by atoms with Crippen molar-refractivity contribution >= 4 is 27.1 Å². The lowest BCUT2D eigenvalue weighted by atomic mass is 10.1. The molecule has 6 nitrogen and oxygen atoms in total. The van der Waals surface area contributed by atoms with E-state index in [4.69, 9.17) is 9.47 Å². The molecule has 3 rings (SSSR count). The van der Waals surface area contributed by atoms with E-state index in [-0.39, 0.29) is 23.0 Å². The van der Waals surface area contributed by atoms with Crippen molar-refractivity contribution in [1.82, 2.24) is 4.72 Å². The van der Waals surface area contributed by atoms with Gasteiger partial charge in [0.2, 0.25) is 15.8 Å². The van der Waals surface area contributed by atoms with E-state index in [1.807, 2.05) is 6.07 Å². The smallest absolute Gasteiger partial charge is 0.244 e. The van der Waals surface area contributed by atoms with E-state index in [9.17, 15) is 13.2 Å². The number of methoxy groups -OCH3 is 2. The fourth-order valence-corrected chi connectivity index (χ4v) is 4.72. The van der Waals surface area contributed by atoms with E-state index in [0.717, 1.165) is 4.88 Å². The number of hydrogen-bond acceptors (Lipinski definition) is 6. The molecule has 0 saturated heterocycles. The molecule has 0 atom stereocenters. The molecule has 0 aliphatic rings. The number of ether oxygens (including phenoxy) is 2. The van der Waals surface area contributed by atoms with Crippen molar-refractivity contribution in [2.24, 2.45) is 0 Å². The van der Waals surface area contributed by atoms with Crippen LogP contribution in [0.5, 0.6) is 11.5 Å². The van der Waals surface area contributed by atoms with Gasteiger partial charge < -0.3 is 9.47 Å². The molecule has 28 heavy (non-hydrogen) atoms. The van der Waals surface area contributed by atoms with E-state index in [1.165, 1.54) is 37.7 Å². The third kappa shape index (κ3) is 4.41. The number of carbonyl (C=O) groups is 1. The number of hydrogen-bond donors (Lipinski definition) is 1. The van der Waals surface area contributed by atoms with Gasteiger partial charge in [0.15, 0.2) is 0 Å². The minimum absolute atomic E-state index is 0.0212. The maximum atomic E-state index is 12.7. The highest BCUT2D eigenvalue weighted by molar-refractivity contribution is 7.89. The maximum absolute atomic E-state index is 12.7. The molecule has 2 aromatic carbocycles. The third-order valence-corrected chi connectivity index (χ3v) is 6.54. The van der Waals surface area contributed by atoms with Crippen LogP contribution in [-0.4, -0.2) is 28.4 Å². The van der Waals surface area contributed by atoms with Crippen LogP contribution in [0.1, 0.15) is 20.1 Å². The summed E-state index contributed by atoms with van der Waals surface area (Å²) >= 11 is 1.26. The van der Waals surface area contributed by atoms with Gasteiger partial charge >= 0.3 is 0 Å². The predicted octanol–water partition coefficient (Wildman–Crippen LogP) is 3.47. The van der Waals surface area contributed by atoms with Crippen molar-refractivity contribution in [2.75, 3.05) is 14.2 Å². The van der Waals surface area contributed by atoms with Crippen LogP contribution < -0.4 is 14.2 Å². The average Bonchev–Trinajstić information content (AvgIpc) is 3.21. The van der Waals surface area contributed by atoms with Gasteiger partial charge in [0.1, 0.15) is 16.4 Å². The van der Waals surface area contributed by atoms with Gasteiger partial charge in [-0.25, -0.2) is 13.1 Å². The number of benzene rings is 2. The molecule has 0 spiro atoms. The Kier molecular flexibility index (Phi) is 6.13. The molecule has 1 heterocycles. The Labute approximate surface area is 167 Å². The van der Waals surface area contributed by atoms with Crippen LogP contribution in [0.25, 0.3) is 0 Å². The van der Waals surface area contributed by atoms with Gasteiger partial charge in [-0.15, -0.1) is 11.3 Å². The van der Waals surface area contributed by atoms with Gasteiger partial charge in [0.05, 0.1) is 19.1 Å². The summed E-state index contributed by atoms with van der Waals surface area (Å²) in [5, 5.41) is 0. The van der Waals surface area contributed by atoms with Gasteiger partial charge in [-0.1, -0.05) is 30.3 Å². The van der Waals surface area contributed by atoms with Crippen molar-refractivity contribution in [3.8, 4) is 11.5 Å². The molecule has 146 valence electrons. The number of thiophene rings is 1. The SMILES string of the molecule is COc1ccc(S(=O)(=O)NCc2ccc(C(=O)c3ccccc3)s2)c(OC)c1. The molecule has 0 bridgehead atoms. The number of ketones is 1. The van der Waals surface area contributed by atoms with Gasteiger partial charge in [0.25, 0.3) is 0 Å². The number of rotatable bonds is 8. The summed E-state index contributed by atoms with van der Waals surface area (Å²) in [4.78, 5) is 13.8. The molecule has 0 unspecified atom stereocenters. The van der Waals surface area contributed by atoms with Gasteiger partial charge in [-0.3, -0.25) is 4.79 Å². The van der Waals surface area contributed by atoms with Gasteiger partial charge in [-0.05, 0) is 24.3 Å². The lowest BCUT2D eigenvalue weighted by Crippen LogP contribution is -2.23. The highest BCUT2D eigenvalue weighted by Gasteiger charge is 2.20. The van der Waals surface area contributed by atoms with Crippen molar-refractivity contribution in [1.29, 1.82) is 0 Å². The number of carbonyl (C=O) groups excluding carboxylic acids is 1. The first-order chi connectivity index (χ1) is 13.4. The maximum Gasteiger partial charge on any atom is 0.244 e. The molecule has 0 saturated carbocycles. The predicted molar refractivity (Wildman–Crippen MR) is 108 cm³/mol. The number of sulfonamides is 1. The van der Waals surface area contributed by atoms with Crippen LogP contribution in [0, 0.1) is 0 Å². The Morgan fingerprint density at radius 2 is 1.75 bits per heavy atom. The molecule has 0 radical (unpaired) electrons. The summed E-state index contributed by atoms with van der Waals surface area (Å²) in [6.45, 7) is 0.0737. The van der Waals surface area contributed by atoms with Crippen LogP contribution in [0.3, 0.4) is 0 Å². The highest BCUT2D eigenvalue weighted by atomic mass is 32.2. The number of nitrogens with one attached hydrogen (secondary N) is 1. The van der Waals surface area contributed by atoms with Crippen molar-refractivity contribution in [2.45, 2.75) is 11.4 Å². The van der Waals surface area contributed by atoms with Crippen LogP contribution >= 0.6 is 11.3 Å². The molecule has 1 N–H and O–H groups in total. The Morgan fingerprint density at radius 1 is 1.00 bits per heavy atom. The van der Waals surface area contributed by atoms with E-state index in [1.54, 1.807) is 42.5 Å². The van der Waals surface area contributed by atoms with Gasteiger partial charge in [0, 0.05) is 23.1 Å². The zero-order chi connectivity index (χ0) is 20.1. The van der Waals surface area contributed by atoms with E-state index >= 15 is 0 Å². The van der Waals surface area contributed by atoms with Crippen LogP contribution in [0.2, 0.25) is 0 Å². The highest BCUT2D eigenvalue weighted by Crippen LogP contribution is 2.28. The molecule has 8 heteroatoms. The van der Waals surface area contributed by atoms with Crippen molar-refractivity contribution in [3.05, 3.63) is 76.0 Å². The largest absolute Gasteiger partial charge is 0.497 e. The van der Waals surface area contributed by atoms with Gasteiger partial charge in [-0.2, -0.15) is 0 Å². The van der Waals surface area contributed by atoms with Crippen molar-refractivity contribution < 1.29 is 22.7 Å². The summed E-state index contributed by atoms with van der Waals surface area (Å²) in [5.74, 6) is 0.604. The standard InChI is InChI=1S/C20H19NO5S2/c1-25-15-8-11-19(17(12-15)26-2)28(23,24)21-13-16-9-10-18(27-16)20(22)14-6-4-3-5-7-14/h3-12,21H,13H2,1-2H3. The van der Waals surface area contributed by atoms with E-state index in [2.05, 4.69) is 4.72 Å². The monoisotopic (exact) mass is 417 g/mol. The molecule has 0 amide bonds. The summed E-state index contributed by atoms with van der Waals surface area (Å²) < 4.78 is 38.1. The third-order valence-electron chi connectivity index (χ3n) is 4.02. The Bertz CT molecular complexity index is 1070. The summed E-state index contributed by atoms with van der Waals surface area (Å²) in [5.41, 5.74) is 0.597. The molecule has 0 aliphatic heterocycles. The Balaban J connectivity index is 1.74. The topological polar surface area (TPSA) is 81.7 Å². The minimum atomic E-state index is -3.80. The lowest BCUT2D eigenvalue weighted by Gasteiger charge is -2.11. The second kappa shape index (κ2) is 8.55. The second-order valence-corrected chi connectivity index (χ2v) is 8.71. The van der Waals surface area contributed by atoms with Crippen molar-refractivity contribution in [3.63, 3.8) is 0 Å². The first-order valence-electron chi connectivity index (χ1n) is 8.35. The zero-order valence-electron chi connectivity index (χ0n) is 15.3. The quantitative estimate of drug-likeness (QED) is 0.568. The fourth-order valence-electron chi connectivity index (χ4n) is 2.57. The van der Waals surface area contributed by atoms with Crippen LogP contribution in [0.15, 0.2) is 65.6 Å². The molecule has 3 aromatic rings. The Morgan fingerprint density at radius 3 is 2.43 bits per heavy atom. The zero-order valence-corrected chi connectivity index (χ0v) is 17.0. The normalized spacial score (nSPS) is 11.2. The summed E-state index contributed by atoms with van der Waals surface area (Å²) in [6.07, 6.45) is 0. The fraction of sp³-hybridized carbons (Fsp3) is 0.150. The second-order valence-electron chi connectivity index (χ2n) is 5.80. The summed E-state index contributed by atoms with van der Waals surface area (Å²) in [7, 11) is -0.908. The molecular formula is C20H19NO5S2. The van der Waals surface area contributed by atoms with E-state index < -0.39 is 10.0 Å². The molecule has 0 fully saturated rings. The Hall–Kier alpha value is -2.68. The van der Waals surface area contributed by atoms with E-state index in [0.29, 0.717) is 16.2 Å². The first-order valence-corrected chi connectivity index (χ1v) is 10.6. The van der Waals surface area contributed by atoms with Crippen LogP contribution in [-0.2, 0) is 16.6 Å². The molecular weight excluding hydrogens is 398 g/mol.